The molecule has 0 spiro atoms. The van der Waals surface area contributed by atoms with Gasteiger partial charge in [-0.05, 0) is 39.3 Å². The molecule has 1 heterocycles. The van der Waals surface area contributed by atoms with Gasteiger partial charge in [0, 0.05) is 22.2 Å². The lowest BCUT2D eigenvalue weighted by Crippen LogP contribution is -2.27. The number of hydrogen-bond acceptors (Lipinski definition) is 3. The normalized spacial score (nSPS) is 14.5. The minimum Gasteiger partial charge on any atom is -0.349 e. The molecule has 1 amide bonds. The van der Waals surface area contributed by atoms with Gasteiger partial charge in [-0.15, -0.1) is 11.3 Å². The van der Waals surface area contributed by atoms with Crippen LogP contribution in [0.3, 0.4) is 0 Å². The molecule has 0 saturated carbocycles. The number of aryl methyl sites for hydroxylation is 1. The van der Waals surface area contributed by atoms with E-state index >= 15 is 0 Å². The molecule has 0 aliphatic rings. The molecule has 0 radical (unpaired) electrons. The maximum Gasteiger partial charge on any atom is 0.220 e. The first-order valence-corrected chi connectivity index (χ1v) is 6.42. The van der Waals surface area contributed by atoms with E-state index in [0.29, 0.717) is 6.42 Å². The number of nitrogens with one attached hydrogen (secondary N) is 1. The van der Waals surface area contributed by atoms with E-state index in [9.17, 15) is 4.79 Å². The maximum atomic E-state index is 11.6. The van der Waals surface area contributed by atoms with Crippen LogP contribution in [-0.2, 0) is 4.79 Å². The van der Waals surface area contributed by atoms with Crippen LogP contribution in [0.5, 0.6) is 0 Å². The van der Waals surface area contributed by atoms with E-state index in [-0.39, 0.29) is 18.0 Å². The summed E-state index contributed by atoms with van der Waals surface area (Å²) in [4.78, 5) is 14.0. The minimum absolute atomic E-state index is 0.0795. The van der Waals surface area contributed by atoms with E-state index in [1.54, 1.807) is 11.3 Å². The van der Waals surface area contributed by atoms with Crippen molar-refractivity contribution >= 4 is 17.2 Å². The fraction of sp³-hybridized carbons (Fsp3) is 0.583. The molecule has 1 aromatic heterocycles. The fourth-order valence-corrected chi connectivity index (χ4v) is 2.31. The Balaban J connectivity index is 2.39. The first-order chi connectivity index (χ1) is 7.49. The van der Waals surface area contributed by atoms with Gasteiger partial charge in [-0.3, -0.25) is 4.79 Å². The summed E-state index contributed by atoms with van der Waals surface area (Å²) in [6, 6.07) is 4.32. The van der Waals surface area contributed by atoms with Crippen LogP contribution < -0.4 is 11.1 Å². The number of thiophene rings is 1. The Morgan fingerprint density at radius 3 is 2.69 bits per heavy atom. The first kappa shape index (κ1) is 13.2. The zero-order valence-corrected chi connectivity index (χ0v) is 10.9. The third-order valence-electron chi connectivity index (χ3n) is 2.39. The number of hydrogen-bond donors (Lipinski definition) is 2. The third-order valence-corrected chi connectivity index (χ3v) is 3.58. The standard InChI is InChI=1S/C12H20N2OS/c1-8(13)4-7-12(15)14-10(3)11-6-5-9(2)16-11/h5-6,8,10H,4,7,13H2,1-3H3,(H,14,15). The Hall–Kier alpha value is -0.870. The van der Waals surface area contributed by atoms with Crippen LogP contribution in [0.4, 0.5) is 0 Å². The summed E-state index contributed by atoms with van der Waals surface area (Å²) in [7, 11) is 0. The van der Waals surface area contributed by atoms with Crippen molar-refractivity contribution in [1.29, 1.82) is 0 Å². The SMILES string of the molecule is Cc1ccc(C(C)NC(=O)CCC(C)N)s1. The van der Waals surface area contributed by atoms with Crippen molar-refractivity contribution in [3.05, 3.63) is 21.9 Å². The number of carbonyl (C=O) groups excluding carboxylic acids is 1. The molecule has 16 heavy (non-hydrogen) atoms. The van der Waals surface area contributed by atoms with Gasteiger partial charge >= 0.3 is 0 Å². The highest BCUT2D eigenvalue weighted by Crippen LogP contribution is 2.22. The Morgan fingerprint density at radius 2 is 2.19 bits per heavy atom. The summed E-state index contributed by atoms with van der Waals surface area (Å²) in [6.07, 6.45) is 1.24. The van der Waals surface area contributed by atoms with Crippen molar-refractivity contribution in [3.8, 4) is 0 Å². The zero-order valence-electron chi connectivity index (χ0n) is 10.1. The monoisotopic (exact) mass is 240 g/mol. The molecule has 90 valence electrons. The van der Waals surface area contributed by atoms with E-state index in [0.717, 1.165) is 6.42 Å². The topological polar surface area (TPSA) is 55.1 Å². The number of amides is 1. The van der Waals surface area contributed by atoms with E-state index in [1.165, 1.54) is 9.75 Å². The predicted octanol–water partition coefficient (Wildman–Crippen LogP) is 2.36. The first-order valence-electron chi connectivity index (χ1n) is 5.60. The van der Waals surface area contributed by atoms with Gasteiger partial charge in [0.15, 0.2) is 0 Å². The van der Waals surface area contributed by atoms with Crippen molar-refractivity contribution in [1.82, 2.24) is 5.32 Å². The van der Waals surface area contributed by atoms with Gasteiger partial charge in [0.2, 0.25) is 5.91 Å². The van der Waals surface area contributed by atoms with Crippen LogP contribution in [0, 0.1) is 6.92 Å². The molecule has 0 saturated heterocycles. The van der Waals surface area contributed by atoms with Gasteiger partial charge in [0.1, 0.15) is 0 Å². The van der Waals surface area contributed by atoms with E-state index in [4.69, 9.17) is 5.73 Å². The van der Waals surface area contributed by atoms with Crippen molar-refractivity contribution < 1.29 is 4.79 Å². The van der Waals surface area contributed by atoms with Gasteiger partial charge in [0.25, 0.3) is 0 Å². The quantitative estimate of drug-likeness (QED) is 0.830. The van der Waals surface area contributed by atoms with Crippen LogP contribution in [0.1, 0.15) is 42.5 Å². The van der Waals surface area contributed by atoms with Gasteiger partial charge < -0.3 is 11.1 Å². The smallest absolute Gasteiger partial charge is 0.220 e. The predicted molar refractivity (Wildman–Crippen MR) is 68.5 cm³/mol. The minimum atomic E-state index is 0.0795. The van der Waals surface area contributed by atoms with E-state index < -0.39 is 0 Å². The lowest BCUT2D eigenvalue weighted by atomic mass is 10.2. The average Bonchev–Trinajstić information content (AvgIpc) is 2.62. The second-order valence-electron chi connectivity index (χ2n) is 4.25. The van der Waals surface area contributed by atoms with Crippen LogP contribution in [-0.4, -0.2) is 11.9 Å². The van der Waals surface area contributed by atoms with Gasteiger partial charge in [0.05, 0.1) is 6.04 Å². The van der Waals surface area contributed by atoms with Crippen LogP contribution in [0.15, 0.2) is 12.1 Å². The lowest BCUT2D eigenvalue weighted by Gasteiger charge is -2.12. The largest absolute Gasteiger partial charge is 0.349 e. The Bertz CT molecular complexity index is 347. The number of rotatable bonds is 5. The second kappa shape index (κ2) is 6.01. The summed E-state index contributed by atoms with van der Waals surface area (Å²) in [6.45, 7) is 5.99. The van der Waals surface area contributed by atoms with Crippen molar-refractivity contribution in [2.45, 2.75) is 45.7 Å². The van der Waals surface area contributed by atoms with Crippen LogP contribution in [0.25, 0.3) is 0 Å². The lowest BCUT2D eigenvalue weighted by molar-refractivity contribution is -0.121. The van der Waals surface area contributed by atoms with Gasteiger partial charge in [-0.25, -0.2) is 0 Å². The Morgan fingerprint density at radius 1 is 1.50 bits per heavy atom. The average molecular weight is 240 g/mol. The van der Waals surface area contributed by atoms with Crippen molar-refractivity contribution in [3.63, 3.8) is 0 Å². The molecule has 2 unspecified atom stereocenters. The number of nitrogens with two attached hydrogens (primary N) is 1. The molecule has 0 aliphatic carbocycles. The van der Waals surface area contributed by atoms with E-state index in [2.05, 4.69) is 24.4 Å². The fourth-order valence-electron chi connectivity index (χ4n) is 1.43. The molecule has 1 aromatic rings. The molecule has 3 nitrogen and oxygen atoms in total. The molecule has 0 fully saturated rings. The summed E-state index contributed by atoms with van der Waals surface area (Å²) < 4.78 is 0. The van der Waals surface area contributed by atoms with Crippen molar-refractivity contribution in [2.75, 3.05) is 0 Å². The Labute approximate surface area is 101 Å². The van der Waals surface area contributed by atoms with Crippen LogP contribution >= 0.6 is 11.3 Å². The molecule has 3 N–H and O–H groups in total. The molecule has 0 bridgehead atoms. The summed E-state index contributed by atoms with van der Waals surface area (Å²) in [5, 5.41) is 2.98. The zero-order chi connectivity index (χ0) is 12.1. The number of carbonyl (C=O) groups is 1. The van der Waals surface area contributed by atoms with Gasteiger partial charge in [-0.2, -0.15) is 0 Å². The molecular weight excluding hydrogens is 220 g/mol. The van der Waals surface area contributed by atoms with E-state index in [1.807, 2.05) is 13.8 Å². The highest BCUT2D eigenvalue weighted by Gasteiger charge is 2.11. The third kappa shape index (κ3) is 4.33. The summed E-state index contributed by atoms with van der Waals surface area (Å²) in [5.41, 5.74) is 5.61. The Kier molecular flexibility index (Phi) is 4.96. The molecule has 2 atom stereocenters. The molecule has 1 rings (SSSR count). The molecule has 0 aromatic carbocycles. The molecule has 0 aliphatic heterocycles. The highest BCUT2D eigenvalue weighted by molar-refractivity contribution is 7.12. The van der Waals surface area contributed by atoms with Crippen molar-refractivity contribution in [2.24, 2.45) is 5.73 Å². The second-order valence-corrected chi connectivity index (χ2v) is 5.57. The molecular formula is C12H20N2OS. The maximum absolute atomic E-state index is 11.6. The summed E-state index contributed by atoms with van der Waals surface area (Å²) in [5.74, 6) is 0.0795. The van der Waals surface area contributed by atoms with Gasteiger partial charge in [-0.1, -0.05) is 0 Å². The summed E-state index contributed by atoms with van der Waals surface area (Å²) >= 11 is 1.72. The molecule has 4 heteroatoms. The highest BCUT2D eigenvalue weighted by atomic mass is 32.1. The van der Waals surface area contributed by atoms with Crippen LogP contribution in [0.2, 0.25) is 0 Å².